The fourth-order valence-electron chi connectivity index (χ4n) is 6.30. The minimum Gasteiger partial charge on any atom is -0.504 e. The maximum absolute atomic E-state index is 10.9. The van der Waals surface area contributed by atoms with Crippen molar-refractivity contribution >= 4 is 38.9 Å². The number of nitrogens with zero attached hydrogens (tertiary/aromatic N) is 1. The summed E-state index contributed by atoms with van der Waals surface area (Å²) in [6, 6.07) is 34.9. The van der Waals surface area contributed by atoms with Crippen LogP contribution in [0, 0.1) is 0 Å². The van der Waals surface area contributed by atoms with Gasteiger partial charge in [0, 0.05) is 24.9 Å². The normalized spacial score (nSPS) is 11.7. The summed E-state index contributed by atoms with van der Waals surface area (Å²) in [6.45, 7) is 0. The zero-order valence-electron chi connectivity index (χ0n) is 27.2. The first-order chi connectivity index (χ1) is 24.1. The van der Waals surface area contributed by atoms with E-state index >= 15 is 0 Å². The highest BCUT2D eigenvalue weighted by atomic mass is 16.5. The molecule has 0 bridgehead atoms. The number of hydroxylamine groups is 1. The van der Waals surface area contributed by atoms with E-state index in [9.17, 15) is 30.7 Å². The molecule has 0 spiro atoms. The van der Waals surface area contributed by atoms with Gasteiger partial charge in [-0.25, -0.2) is 0 Å². The summed E-state index contributed by atoms with van der Waals surface area (Å²) in [5.74, 6) is -4.47. The van der Waals surface area contributed by atoms with Crippen molar-refractivity contribution in [3.05, 3.63) is 132 Å². The lowest BCUT2D eigenvalue weighted by Crippen LogP contribution is -2.12. The lowest BCUT2D eigenvalue weighted by atomic mass is 9.91. The Bertz CT molecular complexity index is 2380. The van der Waals surface area contributed by atoms with E-state index in [0.717, 1.165) is 60.5 Å². The first kappa shape index (κ1) is 32.0. The van der Waals surface area contributed by atoms with E-state index in [4.69, 9.17) is 4.42 Å². The molecule has 7 N–H and O–H groups in total. The van der Waals surface area contributed by atoms with Gasteiger partial charge in [0.15, 0.2) is 11.5 Å². The Kier molecular flexibility index (Phi) is 8.19. The van der Waals surface area contributed by atoms with Crippen LogP contribution in [0.3, 0.4) is 0 Å². The standard InChI is InChI=1S/C41H34N2O7/c1-42-32-20-17-27(21-33(32)43(2)49)25-12-14-26(15-13-25)29(36-37(44)39(46)41(48)40(47)38(36)45)18-9-23-7-10-24(11-8-23)28-16-19-31-30-5-3-4-6-34(30)50-35(31)22-28/h3-8,10-22,42,44-49H,9H2,1-2H3/b29-18-. The number of anilines is 2. The fourth-order valence-corrected chi connectivity index (χ4v) is 6.30. The van der Waals surface area contributed by atoms with Gasteiger partial charge >= 0.3 is 0 Å². The first-order valence-corrected chi connectivity index (χ1v) is 15.9. The minimum atomic E-state index is -1.02. The number of nitrogens with one attached hydrogen (secondary N) is 1. The number of hydrogen-bond acceptors (Lipinski definition) is 9. The average Bonchev–Trinajstić information content (AvgIpc) is 3.52. The van der Waals surface area contributed by atoms with Crippen molar-refractivity contribution in [2.24, 2.45) is 0 Å². The van der Waals surface area contributed by atoms with Crippen LogP contribution in [0.2, 0.25) is 0 Å². The molecule has 0 fully saturated rings. The highest BCUT2D eigenvalue weighted by Gasteiger charge is 2.26. The summed E-state index contributed by atoms with van der Waals surface area (Å²) in [4.78, 5) is 0. The summed E-state index contributed by atoms with van der Waals surface area (Å²) < 4.78 is 6.07. The third kappa shape index (κ3) is 5.65. The van der Waals surface area contributed by atoms with E-state index in [1.54, 1.807) is 25.3 Å². The van der Waals surface area contributed by atoms with Crippen LogP contribution < -0.4 is 10.4 Å². The topological polar surface area (TPSA) is 150 Å². The molecule has 0 unspecified atom stereocenters. The van der Waals surface area contributed by atoms with Gasteiger partial charge in [0.2, 0.25) is 17.2 Å². The van der Waals surface area contributed by atoms with Gasteiger partial charge in [-0.3, -0.25) is 10.3 Å². The zero-order chi connectivity index (χ0) is 35.1. The van der Waals surface area contributed by atoms with Crippen LogP contribution in [-0.2, 0) is 6.42 Å². The van der Waals surface area contributed by atoms with Crippen molar-refractivity contribution in [3.8, 4) is 51.0 Å². The van der Waals surface area contributed by atoms with Crippen LogP contribution in [0.5, 0.6) is 28.7 Å². The molecule has 0 aliphatic rings. The number of benzene rings is 6. The summed E-state index contributed by atoms with van der Waals surface area (Å²) in [5.41, 5.74) is 8.22. The van der Waals surface area contributed by atoms with Crippen LogP contribution in [0.25, 0.3) is 49.8 Å². The quantitative estimate of drug-likeness (QED) is 0.0479. The molecule has 1 heterocycles. The Labute approximate surface area is 287 Å². The third-order valence-electron chi connectivity index (χ3n) is 8.99. The van der Waals surface area contributed by atoms with Gasteiger partial charge in [-0.2, -0.15) is 0 Å². The summed E-state index contributed by atoms with van der Waals surface area (Å²) in [6.07, 6.45) is 2.13. The van der Waals surface area contributed by atoms with Crippen LogP contribution >= 0.6 is 0 Å². The van der Waals surface area contributed by atoms with Crippen molar-refractivity contribution in [2.75, 3.05) is 24.5 Å². The summed E-state index contributed by atoms with van der Waals surface area (Å²) >= 11 is 0. The van der Waals surface area contributed by atoms with Crippen LogP contribution in [0.4, 0.5) is 11.4 Å². The van der Waals surface area contributed by atoms with Crippen LogP contribution in [0.15, 0.2) is 120 Å². The molecule has 9 nitrogen and oxygen atoms in total. The number of allylic oxidation sites excluding steroid dienone is 1. The van der Waals surface area contributed by atoms with Gasteiger partial charge in [0.25, 0.3) is 0 Å². The van der Waals surface area contributed by atoms with Crippen molar-refractivity contribution in [2.45, 2.75) is 6.42 Å². The number of phenols is 5. The molecular formula is C41H34N2O7. The molecule has 0 saturated heterocycles. The molecule has 7 rings (SSSR count). The number of hydrogen-bond donors (Lipinski definition) is 7. The van der Waals surface area contributed by atoms with Crippen LogP contribution in [-0.4, -0.2) is 44.8 Å². The summed E-state index contributed by atoms with van der Waals surface area (Å²) in [7, 11) is 3.31. The highest BCUT2D eigenvalue weighted by Crippen LogP contribution is 2.54. The van der Waals surface area contributed by atoms with Crippen LogP contribution in [0.1, 0.15) is 16.7 Å². The van der Waals surface area contributed by atoms with Gasteiger partial charge in [-0.05, 0) is 75.7 Å². The van der Waals surface area contributed by atoms with Gasteiger partial charge in [-0.15, -0.1) is 0 Å². The van der Waals surface area contributed by atoms with Gasteiger partial charge in [-0.1, -0.05) is 84.9 Å². The molecule has 250 valence electrons. The van der Waals surface area contributed by atoms with Crippen molar-refractivity contribution in [1.29, 1.82) is 0 Å². The second-order valence-electron chi connectivity index (χ2n) is 12.0. The molecule has 0 saturated carbocycles. The second-order valence-corrected chi connectivity index (χ2v) is 12.0. The van der Waals surface area contributed by atoms with E-state index in [1.165, 1.54) is 7.05 Å². The first-order valence-electron chi connectivity index (χ1n) is 15.9. The van der Waals surface area contributed by atoms with E-state index in [1.807, 2.05) is 84.9 Å². The van der Waals surface area contributed by atoms with Gasteiger partial charge in [0.05, 0.1) is 16.9 Å². The number of aromatic hydroxyl groups is 5. The maximum atomic E-state index is 10.9. The van der Waals surface area contributed by atoms with E-state index in [2.05, 4.69) is 17.4 Å². The lowest BCUT2D eigenvalue weighted by Gasteiger charge is -2.18. The Morgan fingerprint density at radius 1 is 0.640 bits per heavy atom. The third-order valence-corrected chi connectivity index (χ3v) is 8.99. The predicted octanol–water partition coefficient (Wildman–Crippen LogP) is 8.99. The van der Waals surface area contributed by atoms with Crippen molar-refractivity contribution < 1.29 is 35.2 Å². The number of fused-ring (bicyclic) bond motifs is 3. The van der Waals surface area contributed by atoms with E-state index in [-0.39, 0.29) is 5.56 Å². The smallest absolute Gasteiger partial charge is 0.208 e. The lowest BCUT2D eigenvalue weighted by molar-refractivity contribution is 0.280. The SMILES string of the molecule is CNc1ccc(-c2ccc(/C(=C/Cc3ccc(-c4ccc5c(c4)oc4ccccc45)cc3)c3c(O)c(O)c(O)c(O)c3O)cc2)cc1N(C)O. The Hall–Kier alpha value is -6.58. The molecule has 0 amide bonds. The fraction of sp³-hybridized carbons (Fsp3) is 0.0732. The van der Waals surface area contributed by atoms with Crippen molar-refractivity contribution in [3.63, 3.8) is 0 Å². The minimum absolute atomic E-state index is 0.233. The monoisotopic (exact) mass is 666 g/mol. The Morgan fingerprint density at radius 2 is 1.20 bits per heavy atom. The van der Waals surface area contributed by atoms with Gasteiger partial charge < -0.3 is 35.3 Å². The molecule has 7 aromatic rings. The number of para-hydroxylation sites is 1. The molecule has 0 aliphatic heterocycles. The number of furan rings is 1. The summed E-state index contributed by atoms with van der Waals surface area (Å²) in [5, 5.41) is 69.0. The molecule has 0 radical (unpaired) electrons. The largest absolute Gasteiger partial charge is 0.504 e. The Morgan fingerprint density at radius 3 is 1.86 bits per heavy atom. The molecule has 9 heteroatoms. The maximum Gasteiger partial charge on any atom is 0.208 e. The number of rotatable bonds is 8. The molecule has 6 aromatic carbocycles. The zero-order valence-corrected chi connectivity index (χ0v) is 27.2. The van der Waals surface area contributed by atoms with Gasteiger partial charge in [0.1, 0.15) is 11.2 Å². The second kappa shape index (κ2) is 12.8. The molecule has 0 atom stereocenters. The molecular weight excluding hydrogens is 632 g/mol. The van der Waals surface area contributed by atoms with E-state index in [0.29, 0.717) is 23.2 Å². The predicted molar refractivity (Wildman–Crippen MR) is 196 cm³/mol. The molecule has 50 heavy (non-hydrogen) atoms. The Balaban J connectivity index is 1.23. The highest BCUT2D eigenvalue weighted by molar-refractivity contribution is 6.05. The molecule has 1 aromatic heterocycles. The van der Waals surface area contributed by atoms with Crippen molar-refractivity contribution in [1.82, 2.24) is 0 Å². The van der Waals surface area contributed by atoms with E-state index < -0.39 is 28.7 Å². The number of phenolic OH excluding ortho intramolecular Hbond substituents is 5. The molecule has 0 aliphatic carbocycles. The average molecular weight is 667 g/mol.